The molecule has 0 rings (SSSR count). The number of allylic oxidation sites excluding steroid dienone is 5. The van der Waals surface area contributed by atoms with Crippen LogP contribution in [0.3, 0.4) is 0 Å². The summed E-state index contributed by atoms with van der Waals surface area (Å²) in [5.41, 5.74) is 0. The Bertz CT molecular complexity index is 978. The highest BCUT2D eigenvalue weighted by Gasteiger charge is 2.20. The Morgan fingerprint density at radius 1 is 0.413 bits per heavy atom. The van der Waals surface area contributed by atoms with E-state index in [1.165, 1.54) is 244 Å². The van der Waals surface area contributed by atoms with Gasteiger partial charge in [-0.3, -0.25) is 4.79 Å². The van der Waals surface area contributed by atoms with E-state index in [4.69, 9.17) is 0 Å². The van der Waals surface area contributed by atoms with Crippen molar-refractivity contribution in [2.24, 2.45) is 0 Å². The summed E-state index contributed by atoms with van der Waals surface area (Å²) in [5.74, 6) is -0.312. The van der Waals surface area contributed by atoms with E-state index in [0.717, 1.165) is 32.1 Å². The third-order valence-electron chi connectivity index (χ3n) is 13.2. The Morgan fingerprint density at radius 2 is 0.714 bits per heavy atom. The second-order valence-electron chi connectivity index (χ2n) is 19.5. The molecule has 0 aromatic rings. The summed E-state index contributed by atoms with van der Waals surface area (Å²) in [5, 5.41) is 33.5. The molecular formula is C58H111NO4. The molecule has 5 heteroatoms. The first kappa shape index (κ1) is 61.6. The van der Waals surface area contributed by atoms with Crippen LogP contribution in [0.4, 0.5) is 0 Å². The standard InChI is InChI=1S/C58H111NO4/c1-3-5-7-9-11-13-15-17-19-21-23-24-25-26-27-28-29-30-31-32-34-35-37-39-41-43-45-47-49-51-55(61)53-58(63)59-56(54-60)57(62)52-50-48-46-44-42-40-38-36-33-22-20-18-16-14-12-10-8-6-4-2/h23-24,26-27,50,52,55-57,60-62H,3-22,25,28-49,51,53-54H2,1-2H3,(H,59,63)/b24-23-,27-26-,52-50+. The molecule has 372 valence electrons. The van der Waals surface area contributed by atoms with E-state index in [9.17, 15) is 20.1 Å². The van der Waals surface area contributed by atoms with Crippen LogP contribution in [0, 0.1) is 0 Å². The second kappa shape index (κ2) is 53.2. The van der Waals surface area contributed by atoms with Gasteiger partial charge in [0.25, 0.3) is 0 Å². The number of hydrogen-bond donors (Lipinski definition) is 4. The molecule has 0 aliphatic rings. The Kier molecular flexibility index (Phi) is 52.0. The molecule has 0 spiro atoms. The normalized spacial score (nSPS) is 13.5. The van der Waals surface area contributed by atoms with Crippen LogP contribution in [0.1, 0.15) is 303 Å². The molecule has 0 aliphatic carbocycles. The van der Waals surface area contributed by atoms with Gasteiger partial charge in [-0.25, -0.2) is 0 Å². The van der Waals surface area contributed by atoms with Crippen molar-refractivity contribution in [1.82, 2.24) is 5.32 Å². The molecule has 3 atom stereocenters. The first-order chi connectivity index (χ1) is 31.0. The zero-order valence-corrected chi connectivity index (χ0v) is 42.5. The fraction of sp³-hybridized carbons (Fsp3) is 0.879. The van der Waals surface area contributed by atoms with Crippen molar-refractivity contribution in [2.75, 3.05) is 6.61 Å². The fourth-order valence-corrected chi connectivity index (χ4v) is 8.84. The highest BCUT2D eigenvalue weighted by molar-refractivity contribution is 5.76. The number of nitrogens with one attached hydrogen (secondary N) is 1. The average molecular weight is 887 g/mol. The lowest BCUT2D eigenvalue weighted by Gasteiger charge is -2.21. The molecule has 5 nitrogen and oxygen atoms in total. The number of carbonyl (C=O) groups excluding carboxylic acids is 1. The van der Waals surface area contributed by atoms with E-state index in [1.807, 2.05) is 6.08 Å². The number of carbonyl (C=O) groups is 1. The summed E-state index contributed by atoms with van der Waals surface area (Å²) >= 11 is 0. The van der Waals surface area contributed by atoms with E-state index in [1.54, 1.807) is 6.08 Å². The Morgan fingerprint density at radius 3 is 1.05 bits per heavy atom. The van der Waals surface area contributed by atoms with Crippen LogP contribution in [0.2, 0.25) is 0 Å². The quantitative estimate of drug-likeness (QED) is 0.0362. The summed E-state index contributed by atoms with van der Waals surface area (Å²) in [6.45, 7) is 4.24. The van der Waals surface area contributed by atoms with Gasteiger partial charge in [0.1, 0.15) is 0 Å². The minimum absolute atomic E-state index is 0.0145. The van der Waals surface area contributed by atoms with Crippen LogP contribution in [0.25, 0.3) is 0 Å². The lowest BCUT2D eigenvalue weighted by atomic mass is 10.0. The van der Waals surface area contributed by atoms with Crippen LogP contribution in [-0.4, -0.2) is 46.1 Å². The van der Waals surface area contributed by atoms with Crippen molar-refractivity contribution in [1.29, 1.82) is 0 Å². The summed E-state index contributed by atoms with van der Waals surface area (Å²) in [4.78, 5) is 12.5. The van der Waals surface area contributed by atoms with Crippen LogP contribution >= 0.6 is 0 Å². The molecule has 0 radical (unpaired) electrons. The van der Waals surface area contributed by atoms with Crippen molar-refractivity contribution in [3.8, 4) is 0 Å². The molecule has 3 unspecified atom stereocenters. The highest BCUT2D eigenvalue weighted by Crippen LogP contribution is 2.17. The topological polar surface area (TPSA) is 89.8 Å². The maximum absolute atomic E-state index is 12.5. The number of aliphatic hydroxyl groups is 3. The van der Waals surface area contributed by atoms with Crippen LogP contribution in [0.5, 0.6) is 0 Å². The molecule has 0 aliphatic heterocycles. The monoisotopic (exact) mass is 886 g/mol. The Labute approximate surface area is 394 Å². The lowest BCUT2D eigenvalue weighted by molar-refractivity contribution is -0.124. The molecule has 0 saturated heterocycles. The van der Waals surface area contributed by atoms with Crippen LogP contribution < -0.4 is 5.32 Å². The van der Waals surface area contributed by atoms with Crippen LogP contribution in [0.15, 0.2) is 36.5 Å². The zero-order valence-electron chi connectivity index (χ0n) is 42.5. The van der Waals surface area contributed by atoms with Gasteiger partial charge in [0.05, 0.1) is 31.3 Å². The van der Waals surface area contributed by atoms with Crippen molar-refractivity contribution >= 4 is 5.91 Å². The van der Waals surface area contributed by atoms with E-state index >= 15 is 0 Å². The summed E-state index contributed by atoms with van der Waals surface area (Å²) in [6, 6.07) is -0.745. The summed E-state index contributed by atoms with van der Waals surface area (Å²) < 4.78 is 0. The molecule has 0 saturated carbocycles. The Balaban J connectivity index is 3.56. The molecule has 4 N–H and O–H groups in total. The van der Waals surface area contributed by atoms with Crippen LogP contribution in [-0.2, 0) is 4.79 Å². The summed E-state index contributed by atoms with van der Waals surface area (Å²) in [7, 11) is 0. The van der Waals surface area contributed by atoms with E-state index in [-0.39, 0.29) is 18.9 Å². The maximum atomic E-state index is 12.5. The number of unbranched alkanes of at least 4 members (excludes halogenated alkanes) is 39. The second-order valence-corrected chi connectivity index (χ2v) is 19.5. The molecule has 0 fully saturated rings. The van der Waals surface area contributed by atoms with Gasteiger partial charge in [0.2, 0.25) is 5.91 Å². The fourth-order valence-electron chi connectivity index (χ4n) is 8.84. The summed E-state index contributed by atoms with van der Waals surface area (Å²) in [6.07, 6.45) is 69.0. The third-order valence-corrected chi connectivity index (χ3v) is 13.2. The molecular weight excluding hydrogens is 775 g/mol. The van der Waals surface area contributed by atoms with Gasteiger partial charge in [0, 0.05) is 0 Å². The average Bonchev–Trinajstić information content (AvgIpc) is 3.28. The number of rotatable bonds is 52. The van der Waals surface area contributed by atoms with E-state index < -0.39 is 18.2 Å². The van der Waals surface area contributed by atoms with Gasteiger partial charge < -0.3 is 20.6 Å². The van der Waals surface area contributed by atoms with Gasteiger partial charge >= 0.3 is 0 Å². The zero-order chi connectivity index (χ0) is 45.8. The van der Waals surface area contributed by atoms with E-state index in [2.05, 4.69) is 43.5 Å². The van der Waals surface area contributed by atoms with E-state index in [0.29, 0.717) is 6.42 Å². The van der Waals surface area contributed by atoms with Gasteiger partial charge in [-0.2, -0.15) is 0 Å². The molecule has 0 aromatic heterocycles. The first-order valence-electron chi connectivity index (χ1n) is 28.3. The molecule has 0 aromatic carbocycles. The molecule has 0 heterocycles. The first-order valence-corrected chi connectivity index (χ1v) is 28.3. The van der Waals surface area contributed by atoms with Gasteiger partial charge in [0.15, 0.2) is 0 Å². The SMILES string of the molecule is CCCCCCCCCCC/C=C\C/C=C\CCCCCCCCCCCCCCCC(O)CC(=O)NC(CO)C(O)/C=C/CCCCCCCCCCCCCCCCCCC. The Hall–Kier alpha value is -1.43. The molecule has 1 amide bonds. The predicted octanol–water partition coefficient (Wildman–Crippen LogP) is 17.4. The van der Waals surface area contributed by atoms with Gasteiger partial charge in [-0.05, 0) is 51.4 Å². The number of aliphatic hydroxyl groups excluding tert-OH is 3. The minimum atomic E-state index is -0.929. The third kappa shape index (κ3) is 49.8. The lowest BCUT2D eigenvalue weighted by Crippen LogP contribution is -2.45. The predicted molar refractivity (Wildman–Crippen MR) is 278 cm³/mol. The van der Waals surface area contributed by atoms with Crippen molar-refractivity contribution in [3.63, 3.8) is 0 Å². The van der Waals surface area contributed by atoms with Gasteiger partial charge in [-0.15, -0.1) is 0 Å². The van der Waals surface area contributed by atoms with Crippen molar-refractivity contribution in [2.45, 2.75) is 321 Å². The number of amides is 1. The smallest absolute Gasteiger partial charge is 0.222 e. The van der Waals surface area contributed by atoms with Crippen molar-refractivity contribution < 1.29 is 20.1 Å². The molecule has 63 heavy (non-hydrogen) atoms. The molecule has 0 bridgehead atoms. The largest absolute Gasteiger partial charge is 0.394 e. The minimum Gasteiger partial charge on any atom is -0.394 e. The maximum Gasteiger partial charge on any atom is 0.222 e. The van der Waals surface area contributed by atoms with Crippen molar-refractivity contribution in [3.05, 3.63) is 36.5 Å². The highest BCUT2D eigenvalue weighted by atomic mass is 16.3. The van der Waals surface area contributed by atoms with Gasteiger partial charge in [-0.1, -0.05) is 281 Å². The number of hydrogen-bond acceptors (Lipinski definition) is 4.